The number of rotatable bonds is 6. The van der Waals surface area contributed by atoms with Crippen LogP contribution in [-0.4, -0.2) is 35.1 Å². The lowest BCUT2D eigenvalue weighted by Crippen LogP contribution is -2.47. The maximum Gasteiger partial charge on any atom is 0.257 e. The van der Waals surface area contributed by atoms with Gasteiger partial charge in [0.25, 0.3) is 5.91 Å². The number of benzene rings is 2. The maximum atomic E-state index is 12.3. The average Bonchev–Trinajstić information content (AvgIpc) is 3.26. The SMILES string of the molecule is O=C(CCc1nnc(-c2ccccc2)o1)NNC(=O)CN1CCCc2ccccc21. The zero-order chi connectivity index (χ0) is 20.8. The number of carbonyl (C=O) groups excluding carboxylic acids is 2. The highest BCUT2D eigenvalue weighted by Crippen LogP contribution is 2.26. The van der Waals surface area contributed by atoms with Gasteiger partial charge in [-0.2, -0.15) is 0 Å². The lowest BCUT2D eigenvalue weighted by Gasteiger charge is -2.30. The van der Waals surface area contributed by atoms with Crippen molar-refractivity contribution < 1.29 is 14.0 Å². The van der Waals surface area contributed by atoms with Gasteiger partial charge in [-0.1, -0.05) is 36.4 Å². The van der Waals surface area contributed by atoms with Crippen LogP contribution in [0.1, 0.15) is 24.3 Å². The predicted molar refractivity (Wildman–Crippen MR) is 111 cm³/mol. The van der Waals surface area contributed by atoms with Crippen molar-refractivity contribution in [3.8, 4) is 11.5 Å². The molecule has 8 heteroatoms. The number of aryl methyl sites for hydroxylation is 2. The monoisotopic (exact) mass is 405 g/mol. The number of hydrogen-bond acceptors (Lipinski definition) is 6. The highest BCUT2D eigenvalue weighted by Gasteiger charge is 2.19. The first kappa shape index (κ1) is 19.6. The van der Waals surface area contributed by atoms with Crippen LogP contribution in [0.25, 0.3) is 11.5 Å². The highest BCUT2D eigenvalue weighted by molar-refractivity contribution is 5.85. The molecule has 0 unspecified atom stereocenters. The first-order chi connectivity index (χ1) is 14.7. The lowest BCUT2D eigenvalue weighted by atomic mass is 10.0. The Morgan fingerprint density at radius 2 is 1.73 bits per heavy atom. The zero-order valence-electron chi connectivity index (χ0n) is 16.5. The molecular formula is C22H23N5O3. The zero-order valence-corrected chi connectivity index (χ0v) is 16.5. The first-order valence-corrected chi connectivity index (χ1v) is 9.97. The van der Waals surface area contributed by atoms with Gasteiger partial charge in [-0.3, -0.25) is 20.4 Å². The molecule has 3 aromatic rings. The second kappa shape index (κ2) is 9.21. The summed E-state index contributed by atoms with van der Waals surface area (Å²) >= 11 is 0. The van der Waals surface area contributed by atoms with Gasteiger partial charge in [0.05, 0.1) is 6.54 Å². The summed E-state index contributed by atoms with van der Waals surface area (Å²) in [5.41, 5.74) is 8.08. The lowest BCUT2D eigenvalue weighted by molar-refractivity contribution is -0.128. The van der Waals surface area contributed by atoms with Crippen LogP contribution in [0.4, 0.5) is 5.69 Å². The molecule has 0 bridgehead atoms. The molecule has 0 atom stereocenters. The molecule has 154 valence electrons. The van der Waals surface area contributed by atoms with Crippen LogP contribution in [0.15, 0.2) is 59.0 Å². The van der Waals surface area contributed by atoms with E-state index >= 15 is 0 Å². The Bertz CT molecular complexity index is 1020. The van der Waals surface area contributed by atoms with Crippen molar-refractivity contribution in [1.82, 2.24) is 21.0 Å². The molecule has 1 aliphatic heterocycles. The molecule has 0 fully saturated rings. The normalized spacial score (nSPS) is 12.9. The fourth-order valence-electron chi connectivity index (χ4n) is 3.46. The molecule has 8 nitrogen and oxygen atoms in total. The van der Waals surface area contributed by atoms with E-state index in [0.29, 0.717) is 18.2 Å². The van der Waals surface area contributed by atoms with Gasteiger partial charge in [0.15, 0.2) is 0 Å². The Balaban J connectivity index is 1.22. The van der Waals surface area contributed by atoms with Gasteiger partial charge in [-0.15, -0.1) is 10.2 Å². The van der Waals surface area contributed by atoms with Crippen molar-refractivity contribution in [3.63, 3.8) is 0 Å². The van der Waals surface area contributed by atoms with Crippen LogP contribution >= 0.6 is 0 Å². The summed E-state index contributed by atoms with van der Waals surface area (Å²) < 4.78 is 5.58. The van der Waals surface area contributed by atoms with Gasteiger partial charge in [0, 0.05) is 30.6 Å². The third-order valence-corrected chi connectivity index (χ3v) is 4.94. The van der Waals surface area contributed by atoms with Gasteiger partial charge < -0.3 is 9.32 Å². The maximum absolute atomic E-state index is 12.3. The molecule has 1 aromatic heterocycles. The molecule has 4 rings (SSSR count). The van der Waals surface area contributed by atoms with E-state index in [-0.39, 0.29) is 24.8 Å². The minimum absolute atomic E-state index is 0.128. The summed E-state index contributed by atoms with van der Waals surface area (Å²) in [4.78, 5) is 26.3. The second-order valence-electron chi connectivity index (χ2n) is 7.12. The van der Waals surface area contributed by atoms with Crippen molar-refractivity contribution in [1.29, 1.82) is 0 Å². The van der Waals surface area contributed by atoms with Gasteiger partial charge in [-0.25, -0.2) is 0 Å². The Morgan fingerprint density at radius 3 is 2.60 bits per heavy atom. The van der Waals surface area contributed by atoms with Crippen molar-refractivity contribution in [2.45, 2.75) is 25.7 Å². The molecule has 2 N–H and O–H groups in total. The Kier molecular flexibility index (Phi) is 6.03. The van der Waals surface area contributed by atoms with Gasteiger partial charge in [0.2, 0.25) is 17.7 Å². The van der Waals surface area contributed by atoms with Crippen LogP contribution in [0, 0.1) is 0 Å². The van der Waals surface area contributed by atoms with Crippen LogP contribution in [0.5, 0.6) is 0 Å². The molecule has 0 radical (unpaired) electrons. The Morgan fingerprint density at radius 1 is 0.967 bits per heavy atom. The molecular weight excluding hydrogens is 382 g/mol. The number of hydrogen-bond donors (Lipinski definition) is 2. The summed E-state index contributed by atoms with van der Waals surface area (Å²) in [6, 6.07) is 17.5. The molecule has 0 aliphatic carbocycles. The number of anilines is 1. The van der Waals surface area contributed by atoms with Crippen LogP contribution < -0.4 is 15.8 Å². The fourth-order valence-corrected chi connectivity index (χ4v) is 3.46. The molecule has 0 saturated carbocycles. The van der Waals surface area contributed by atoms with Crippen LogP contribution in [0.3, 0.4) is 0 Å². The first-order valence-electron chi connectivity index (χ1n) is 9.97. The van der Waals surface area contributed by atoms with E-state index in [2.05, 4.69) is 27.1 Å². The van der Waals surface area contributed by atoms with E-state index in [9.17, 15) is 9.59 Å². The number of para-hydroxylation sites is 1. The molecule has 0 spiro atoms. The summed E-state index contributed by atoms with van der Waals surface area (Å²) in [6.45, 7) is 1.01. The van der Waals surface area contributed by atoms with E-state index in [1.807, 2.05) is 53.4 Å². The Hall–Kier alpha value is -3.68. The number of fused-ring (bicyclic) bond motifs is 1. The smallest absolute Gasteiger partial charge is 0.257 e. The third-order valence-electron chi connectivity index (χ3n) is 4.94. The van der Waals surface area contributed by atoms with E-state index < -0.39 is 0 Å². The summed E-state index contributed by atoms with van der Waals surface area (Å²) in [7, 11) is 0. The van der Waals surface area contributed by atoms with Gasteiger partial charge in [0.1, 0.15) is 0 Å². The number of aromatic nitrogens is 2. The molecule has 30 heavy (non-hydrogen) atoms. The van der Waals surface area contributed by atoms with Crippen molar-refractivity contribution >= 4 is 17.5 Å². The standard InChI is InChI=1S/C22H23N5O3/c28-19(12-13-21-25-26-22(30-21)17-8-2-1-3-9-17)23-24-20(29)15-27-14-6-10-16-7-4-5-11-18(16)27/h1-5,7-9,11H,6,10,12-15H2,(H,23,28)(H,24,29). The Labute approximate surface area is 174 Å². The van der Waals surface area contributed by atoms with E-state index in [1.165, 1.54) is 5.56 Å². The van der Waals surface area contributed by atoms with E-state index in [4.69, 9.17) is 4.42 Å². The largest absolute Gasteiger partial charge is 0.421 e. The van der Waals surface area contributed by atoms with Crippen LogP contribution in [0.2, 0.25) is 0 Å². The van der Waals surface area contributed by atoms with Crippen molar-refractivity contribution in [2.24, 2.45) is 0 Å². The van der Waals surface area contributed by atoms with Gasteiger partial charge in [-0.05, 0) is 36.6 Å². The molecule has 1 aliphatic rings. The third kappa shape index (κ3) is 4.83. The quantitative estimate of drug-likeness (QED) is 0.610. The summed E-state index contributed by atoms with van der Waals surface area (Å²) in [6.07, 6.45) is 2.45. The van der Waals surface area contributed by atoms with E-state index in [1.54, 1.807) is 0 Å². The average molecular weight is 405 g/mol. The molecule has 2 amide bonds. The number of hydrazine groups is 1. The van der Waals surface area contributed by atoms with Crippen molar-refractivity contribution in [3.05, 3.63) is 66.1 Å². The van der Waals surface area contributed by atoms with E-state index in [0.717, 1.165) is 30.6 Å². The van der Waals surface area contributed by atoms with Crippen molar-refractivity contribution in [2.75, 3.05) is 18.0 Å². The molecule has 0 saturated heterocycles. The number of amides is 2. The fraction of sp³-hybridized carbons (Fsp3) is 0.273. The predicted octanol–water partition coefficient (Wildman–Crippen LogP) is 2.27. The molecule has 2 heterocycles. The number of carbonyl (C=O) groups is 2. The second-order valence-corrected chi connectivity index (χ2v) is 7.12. The van der Waals surface area contributed by atoms with Crippen LogP contribution in [-0.2, 0) is 22.4 Å². The summed E-state index contributed by atoms with van der Waals surface area (Å²) in [5, 5.41) is 7.97. The summed E-state index contributed by atoms with van der Waals surface area (Å²) in [5.74, 6) is 0.215. The number of nitrogens with zero attached hydrogens (tertiary/aromatic N) is 3. The minimum Gasteiger partial charge on any atom is -0.421 e. The number of nitrogens with one attached hydrogen (secondary N) is 2. The minimum atomic E-state index is -0.318. The molecule has 2 aromatic carbocycles. The van der Waals surface area contributed by atoms with Gasteiger partial charge >= 0.3 is 0 Å². The highest BCUT2D eigenvalue weighted by atomic mass is 16.4. The topological polar surface area (TPSA) is 100 Å².